The van der Waals surface area contributed by atoms with Gasteiger partial charge in [0.1, 0.15) is 35.0 Å². The Balaban J connectivity index is 1.56. The molecular weight excluding hydrogens is 398 g/mol. The van der Waals surface area contributed by atoms with E-state index in [4.69, 9.17) is 10.5 Å². The number of ether oxygens (including phenoxy) is 1. The van der Waals surface area contributed by atoms with E-state index < -0.39 is 22.6 Å². The lowest BCUT2D eigenvalue weighted by molar-refractivity contribution is 0.323. The van der Waals surface area contributed by atoms with Crippen LogP contribution in [0.5, 0.6) is 5.75 Å². The predicted octanol–water partition coefficient (Wildman–Crippen LogP) is 2.66. The SMILES string of the molecule is NCC(Cc1cc(F)cc(F)c1)c1cccc(OCCNS(=O)c2cn[nH]c2)c1. The van der Waals surface area contributed by atoms with Gasteiger partial charge in [0, 0.05) is 24.7 Å². The second kappa shape index (κ2) is 10.2. The van der Waals surface area contributed by atoms with Crippen molar-refractivity contribution in [3.63, 3.8) is 0 Å². The molecule has 0 saturated heterocycles. The Kier molecular flexibility index (Phi) is 7.45. The quantitative estimate of drug-likeness (QED) is 0.440. The molecule has 29 heavy (non-hydrogen) atoms. The van der Waals surface area contributed by atoms with Crippen LogP contribution in [0.1, 0.15) is 17.0 Å². The second-order valence-electron chi connectivity index (χ2n) is 6.43. The van der Waals surface area contributed by atoms with Crippen molar-refractivity contribution in [2.75, 3.05) is 19.7 Å². The van der Waals surface area contributed by atoms with Crippen LogP contribution >= 0.6 is 0 Å². The Morgan fingerprint density at radius 1 is 1.21 bits per heavy atom. The largest absolute Gasteiger partial charge is 0.492 e. The van der Waals surface area contributed by atoms with Crippen LogP contribution in [0.3, 0.4) is 0 Å². The van der Waals surface area contributed by atoms with Gasteiger partial charge in [-0.2, -0.15) is 5.10 Å². The van der Waals surface area contributed by atoms with Crippen LogP contribution in [-0.2, 0) is 17.4 Å². The average Bonchev–Trinajstić information content (AvgIpc) is 3.24. The van der Waals surface area contributed by atoms with E-state index in [0.29, 0.717) is 42.3 Å². The molecule has 2 unspecified atom stereocenters. The van der Waals surface area contributed by atoms with Crippen molar-refractivity contribution < 1.29 is 17.7 Å². The maximum Gasteiger partial charge on any atom is 0.128 e. The highest BCUT2D eigenvalue weighted by Gasteiger charge is 2.13. The van der Waals surface area contributed by atoms with Gasteiger partial charge in [-0.1, -0.05) is 12.1 Å². The van der Waals surface area contributed by atoms with E-state index in [0.717, 1.165) is 11.6 Å². The summed E-state index contributed by atoms with van der Waals surface area (Å²) in [7, 11) is -1.35. The predicted molar refractivity (Wildman–Crippen MR) is 107 cm³/mol. The highest BCUT2D eigenvalue weighted by Crippen LogP contribution is 2.24. The molecule has 0 aliphatic carbocycles. The monoisotopic (exact) mass is 420 g/mol. The van der Waals surface area contributed by atoms with Crippen molar-refractivity contribution in [2.24, 2.45) is 5.73 Å². The van der Waals surface area contributed by atoms with Gasteiger partial charge < -0.3 is 10.5 Å². The number of nitrogens with one attached hydrogen (secondary N) is 2. The van der Waals surface area contributed by atoms with Gasteiger partial charge in [-0.3, -0.25) is 5.10 Å². The van der Waals surface area contributed by atoms with E-state index in [-0.39, 0.29) is 5.92 Å². The summed E-state index contributed by atoms with van der Waals surface area (Å²) in [5, 5.41) is 6.36. The molecule has 1 aromatic heterocycles. The van der Waals surface area contributed by atoms with Gasteiger partial charge in [-0.25, -0.2) is 17.7 Å². The molecule has 2 atom stereocenters. The molecule has 3 aromatic rings. The summed E-state index contributed by atoms with van der Waals surface area (Å²) in [5.74, 6) is -0.671. The first kappa shape index (κ1) is 21.1. The van der Waals surface area contributed by atoms with Crippen LogP contribution in [0.4, 0.5) is 8.78 Å². The fourth-order valence-electron chi connectivity index (χ4n) is 2.94. The molecule has 2 aromatic carbocycles. The first-order chi connectivity index (χ1) is 14.0. The molecule has 0 amide bonds. The lowest BCUT2D eigenvalue weighted by Gasteiger charge is -2.17. The van der Waals surface area contributed by atoms with Gasteiger partial charge in [0.25, 0.3) is 0 Å². The van der Waals surface area contributed by atoms with Gasteiger partial charge in [-0.15, -0.1) is 0 Å². The lowest BCUT2D eigenvalue weighted by atomic mass is 9.92. The number of aromatic amines is 1. The first-order valence-corrected chi connectivity index (χ1v) is 10.2. The van der Waals surface area contributed by atoms with Crippen LogP contribution in [0.15, 0.2) is 59.8 Å². The number of nitrogens with zero attached hydrogens (tertiary/aromatic N) is 1. The minimum atomic E-state index is -1.35. The van der Waals surface area contributed by atoms with E-state index in [2.05, 4.69) is 14.9 Å². The fraction of sp³-hybridized carbons (Fsp3) is 0.250. The minimum absolute atomic E-state index is 0.105. The van der Waals surface area contributed by atoms with Crippen molar-refractivity contribution >= 4 is 11.0 Å². The highest BCUT2D eigenvalue weighted by molar-refractivity contribution is 7.83. The van der Waals surface area contributed by atoms with Gasteiger partial charge in [0.15, 0.2) is 0 Å². The molecular formula is C20H22F2N4O2S. The minimum Gasteiger partial charge on any atom is -0.492 e. The zero-order chi connectivity index (χ0) is 20.6. The standard InChI is InChI=1S/C20H22F2N4O2S/c21-17-7-14(8-18(22)10-17)6-16(11-23)15-2-1-3-19(9-15)28-5-4-26-29(27)20-12-24-25-13-20/h1-3,7-10,12-13,16,26H,4-6,11,23H2,(H,24,25). The summed E-state index contributed by atoms with van der Waals surface area (Å²) in [6.45, 7) is 1.02. The molecule has 6 nitrogen and oxygen atoms in total. The fourth-order valence-corrected chi connectivity index (χ4v) is 3.68. The van der Waals surface area contributed by atoms with Crippen LogP contribution in [-0.4, -0.2) is 34.1 Å². The lowest BCUT2D eigenvalue weighted by Crippen LogP contribution is -2.23. The van der Waals surface area contributed by atoms with Crippen LogP contribution in [0, 0.1) is 11.6 Å². The van der Waals surface area contributed by atoms with Crippen molar-refractivity contribution in [3.8, 4) is 5.75 Å². The van der Waals surface area contributed by atoms with Crippen LogP contribution < -0.4 is 15.2 Å². The Labute approximate surface area is 170 Å². The molecule has 4 N–H and O–H groups in total. The van der Waals surface area contributed by atoms with Crippen molar-refractivity contribution in [3.05, 3.63) is 77.6 Å². The van der Waals surface area contributed by atoms with E-state index in [1.165, 1.54) is 18.3 Å². The van der Waals surface area contributed by atoms with E-state index in [1.807, 2.05) is 24.3 Å². The van der Waals surface area contributed by atoms with Gasteiger partial charge >= 0.3 is 0 Å². The Hall–Kier alpha value is -2.62. The van der Waals surface area contributed by atoms with E-state index in [9.17, 15) is 13.0 Å². The normalized spacial score (nSPS) is 13.2. The average molecular weight is 420 g/mol. The number of H-pyrrole nitrogens is 1. The van der Waals surface area contributed by atoms with Crippen molar-refractivity contribution in [2.45, 2.75) is 17.2 Å². The zero-order valence-corrected chi connectivity index (χ0v) is 16.4. The molecule has 9 heteroatoms. The summed E-state index contributed by atoms with van der Waals surface area (Å²) >= 11 is 0. The molecule has 0 spiro atoms. The first-order valence-electron chi connectivity index (χ1n) is 9.07. The molecule has 1 heterocycles. The van der Waals surface area contributed by atoms with Crippen LogP contribution in [0.25, 0.3) is 0 Å². The third-order valence-electron chi connectivity index (χ3n) is 4.31. The third-order valence-corrected chi connectivity index (χ3v) is 5.43. The summed E-state index contributed by atoms with van der Waals surface area (Å²) in [6.07, 6.45) is 3.47. The second-order valence-corrected chi connectivity index (χ2v) is 7.73. The van der Waals surface area contributed by atoms with Crippen molar-refractivity contribution in [1.82, 2.24) is 14.9 Å². The topological polar surface area (TPSA) is 93.0 Å². The number of rotatable bonds is 10. The molecule has 0 radical (unpaired) electrons. The van der Waals surface area contributed by atoms with Gasteiger partial charge in [-0.05, 0) is 48.4 Å². The number of halogens is 2. The number of hydrogen-bond donors (Lipinski definition) is 3. The summed E-state index contributed by atoms with van der Waals surface area (Å²) in [6, 6.07) is 10.9. The zero-order valence-electron chi connectivity index (χ0n) is 15.6. The summed E-state index contributed by atoms with van der Waals surface area (Å²) < 4.78 is 47.4. The van der Waals surface area contributed by atoms with Crippen LogP contribution in [0.2, 0.25) is 0 Å². The Morgan fingerprint density at radius 2 is 2.00 bits per heavy atom. The van der Waals surface area contributed by atoms with E-state index >= 15 is 0 Å². The Morgan fingerprint density at radius 3 is 2.69 bits per heavy atom. The molecule has 0 aliphatic rings. The highest BCUT2D eigenvalue weighted by atomic mass is 32.2. The molecule has 0 bridgehead atoms. The summed E-state index contributed by atoms with van der Waals surface area (Å²) in [5.41, 5.74) is 7.37. The molecule has 0 saturated carbocycles. The van der Waals surface area contributed by atoms with E-state index in [1.54, 1.807) is 6.20 Å². The van der Waals surface area contributed by atoms with Gasteiger partial charge in [0.2, 0.25) is 0 Å². The number of hydrogen-bond acceptors (Lipinski definition) is 4. The molecule has 0 fully saturated rings. The molecule has 154 valence electrons. The smallest absolute Gasteiger partial charge is 0.128 e. The maximum absolute atomic E-state index is 13.4. The third kappa shape index (κ3) is 6.18. The molecule has 3 rings (SSSR count). The Bertz CT molecular complexity index is 933. The number of benzene rings is 2. The molecule has 0 aliphatic heterocycles. The number of nitrogens with two attached hydrogens (primary N) is 1. The maximum atomic E-state index is 13.4. The summed E-state index contributed by atoms with van der Waals surface area (Å²) in [4.78, 5) is 0.562. The van der Waals surface area contributed by atoms with Crippen molar-refractivity contribution in [1.29, 1.82) is 0 Å². The number of aromatic nitrogens is 2. The van der Waals surface area contributed by atoms with Gasteiger partial charge in [0.05, 0.1) is 11.1 Å².